The molecule has 0 N–H and O–H groups in total. The topological polar surface area (TPSA) is 55.8 Å². The summed E-state index contributed by atoms with van der Waals surface area (Å²) in [4.78, 5) is 25.4. The fourth-order valence-electron chi connectivity index (χ4n) is 2.65. The van der Waals surface area contributed by atoms with Crippen molar-refractivity contribution in [1.29, 1.82) is 0 Å². The molecule has 1 heterocycles. The zero-order valence-corrected chi connectivity index (χ0v) is 13.0. The van der Waals surface area contributed by atoms with Gasteiger partial charge < -0.3 is 14.4 Å². The smallest absolute Gasteiger partial charge is 0.334 e. The van der Waals surface area contributed by atoms with E-state index < -0.39 is 12.0 Å². The summed E-state index contributed by atoms with van der Waals surface area (Å²) in [7, 11) is 1.53. The molecule has 22 heavy (non-hydrogen) atoms. The number of carbonyl (C=O) groups excluding carboxylic acids is 2. The Morgan fingerprint density at radius 3 is 2.82 bits per heavy atom. The summed E-state index contributed by atoms with van der Waals surface area (Å²) in [5, 5.41) is 0. The van der Waals surface area contributed by atoms with Crippen LogP contribution in [0.4, 0.5) is 0 Å². The molecular weight excluding hydrogens is 282 g/mol. The quantitative estimate of drug-likeness (QED) is 0.476. The first-order chi connectivity index (χ1) is 10.6. The van der Waals surface area contributed by atoms with E-state index in [0.29, 0.717) is 30.9 Å². The van der Waals surface area contributed by atoms with Gasteiger partial charge in [0, 0.05) is 13.5 Å². The SMILES string of the molecule is C=CCc1ccc(OC(=O)C2CCCN2C(C)=O)c(OC)c1. The predicted octanol–water partition coefficient (Wildman–Crippen LogP) is 2.34. The number of ether oxygens (including phenoxy) is 2. The molecule has 0 saturated carbocycles. The lowest BCUT2D eigenvalue weighted by Gasteiger charge is -2.22. The molecule has 5 heteroatoms. The number of allylic oxidation sites excluding steroid dienone is 1. The number of methoxy groups -OCH3 is 1. The number of benzene rings is 1. The van der Waals surface area contributed by atoms with Crippen LogP contribution in [0.15, 0.2) is 30.9 Å². The molecule has 1 saturated heterocycles. The molecule has 1 aliphatic rings. The lowest BCUT2D eigenvalue weighted by atomic mass is 10.1. The molecule has 1 fully saturated rings. The fourth-order valence-corrected chi connectivity index (χ4v) is 2.65. The van der Waals surface area contributed by atoms with Crippen LogP contribution < -0.4 is 9.47 Å². The van der Waals surface area contributed by atoms with Crippen molar-refractivity contribution < 1.29 is 19.1 Å². The number of likely N-dealkylation sites (tertiary alicyclic amines) is 1. The van der Waals surface area contributed by atoms with Gasteiger partial charge in [0.2, 0.25) is 5.91 Å². The maximum absolute atomic E-state index is 12.3. The number of amides is 1. The van der Waals surface area contributed by atoms with Crippen molar-refractivity contribution in [3.63, 3.8) is 0 Å². The molecule has 1 aliphatic heterocycles. The highest BCUT2D eigenvalue weighted by Crippen LogP contribution is 2.30. The number of carbonyl (C=O) groups is 2. The Morgan fingerprint density at radius 2 is 2.18 bits per heavy atom. The Balaban J connectivity index is 2.14. The summed E-state index contributed by atoms with van der Waals surface area (Å²) >= 11 is 0. The summed E-state index contributed by atoms with van der Waals surface area (Å²) < 4.78 is 10.7. The lowest BCUT2D eigenvalue weighted by Crippen LogP contribution is -2.41. The van der Waals surface area contributed by atoms with E-state index in [0.717, 1.165) is 12.0 Å². The Labute approximate surface area is 130 Å². The van der Waals surface area contributed by atoms with Gasteiger partial charge in [0.25, 0.3) is 0 Å². The second-order valence-electron chi connectivity index (χ2n) is 5.27. The first-order valence-corrected chi connectivity index (χ1v) is 7.33. The van der Waals surface area contributed by atoms with E-state index >= 15 is 0 Å². The second-order valence-corrected chi connectivity index (χ2v) is 5.27. The van der Waals surface area contributed by atoms with Gasteiger partial charge >= 0.3 is 5.97 Å². The van der Waals surface area contributed by atoms with Gasteiger partial charge in [-0.2, -0.15) is 0 Å². The number of nitrogens with zero attached hydrogens (tertiary/aromatic N) is 1. The molecule has 0 radical (unpaired) electrons. The van der Waals surface area contributed by atoms with Gasteiger partial charge in [0.05, 0.1) is 7.11 Å². The van der Waals surface area contributed by atoms with Gasteiger partial charge in [-0.3, -0.25) is 4.79 Å². The Morgan fingerprint density at radius 1 is 1.41 bits per heavy atom. The van der Waals surface area contributed by atoms with E-state index in [1.165, 1.54) is 14.0 Å². The first-order valence-electron chi connectivity index (χ1n) is 7.33. The van der Waals surface area contributed by atoms with Gasteiger partial charge in [-0.15, -0.1) is 6.58 Å². The third-order valence-electron chi connectivity index (χ3n) is 3.75. The molecule has 0 bridgehead atoms. The van der Waals surface area contributed by atoms with Crippen molar-refractivity contribution in [2.75, 3.05) is 13.7 Å². The van der Waals surface area contributed by atoms with Crippen LogP contribution >= 0.6 is 0 Å². The van der Waals surface area contributed by atoms with E-state index in [9.17, 15) is 9.59 Å². The molecule has 1 aromatic carbocycles. The molecule has 1 amide bonds. The predicted molar refractivity (Wildman–Crippen MR) is 82.9 cm³/mol. The molecule has 1 unspecified atom stereocenters. The van der Waals surface area contributed by atoms with Gasteiger partial charge in [0.15, 0.2) is 11.5 Å². The van der Waals surface area contributed by atoms with Crippen molar-refractivity contribution in [3.8, 4) is 11.5 Å². The lowest BCUT2D eigenvalue weighted by molar-refractivity contribution is -0.145. The third-order valence-corrected chi connectivity index (χ3v) is 3.75. The zero-order valence-electron chi connectivity index (χ0n) is 13.0. The van der Waals surface area contributed by atoms with E-state index in [4.69, 9.17) is 9.47 Å². The molecule has 0 spiro atoms. The van der Waals surface area contributed by atoms with E-state index in [1.807, 2.05) is 12.1 Å². The highest BCUT2D eigenvalue weighted by molar-refractivity contribution is 5.85. The van der Waals surface area contributed by atoms with Crippen LogP contribution in [0.1, 0.15) is 25.3 Å². The molecule has 2 rings (SSSR count). The van der Waals surface area contributed by atoms with Gasteiger partial charge in [-0.1, -0.05) is 12.1 Å². The summed E-state index contributed by atoms with van der Waals surface area (Å²) in [5.41, 5.74) is 1.03. The first kappa shape index (κ1) is 16.1. The summed E-state index contributed by atoms with van der Waals surface area (Å²) in [6.45, 7) is 5.77. The summed E-state index contributed by atoms with van der Waals surface area (Å²) in [5.74, 6) is 0.353. The number of esters is 1. The van der Waals surface area contributed by atoms with Crippen molar-refractivity contribution in [2.45, 2.75) is 32.2 Å². The Hall–Kier alpha value is -2.30. The minimum absolute atomic E-state index is 0.104. The van der Waals surface area contributed by atoms with Crippen molar-refractivity contribution in [3.05, 3.63) is 36.4 Å². The van der Waals surface area contributed by atoms with Crippen LogP contribution in [0.25, 0.3) is 0 Å². The van der Waals surface area contributed by atoms with Crippen LogP contribution in [0.2, 0.25) is 0 Å². The minimum atomic E-state index is -0.505. The van der Waals surface area contributed by atoms with Crippen LogP contribution in [-0.4, -0.2) is 36.5 Å². The summed E-state index contributed by atoms with van der Waals surface area (Å²) in [6.07, 6.45) is 3.96. The largest absolute Gasteiger partial charge is 0.493 e. The molecule has 1 aromatic rings. The fraction of sp³-hybridized carbons (Fsp3) is 0.412. The normalized spacial score (nSPS) is 17.2. The summed E-state index contributed by atoms with van der Waals surface area (Å²) in [6, 6.07) is 4.89. The highest BCUT2D eigenvalue weighted by atomic mass is 16.6. The Bertz CT molecular complexity index is 582. The van der Waals surface area contributed by atoms with Gasteiger partial charge in [0.1, 0.15) is 6.04 Å². The van der Waals surface area contributed by atoms with E-state index in [2.05, 4.69) is 6.58 Å². The van der Waals surface area contributed by atoms with E-state index in [1.54, 1.807) is 17.0 Å². The molecule has 0 aromatic heterocycles. The number of hydrogen-bond donors (Lipinski definition) is 0. The van der Waals surface area contributed by atoms with Crippen molar-refractivity contribution in [1.82, 2.24) is 4.90 Å². The molecular formula is C17H21NO4. The van der Waals surface area contributed by atoms with Crippen LogP contribution in [-0.2, 0) is 16.0 Å². The number of hydrogen-bond acceptors (Lipinski definition) is 4. The van der Waals surface area contributed by atoms with Crippen LogP contribution in [0.5, 0.6) is 11.5 Å². The maximum atomic E-state index is 12.3. The van der Waals surface area contributed by atoms with E-state index in [-0.39, 0.29) is 5.91 Å². The highest BCUT2D eigenvalue weighted by Gasteiger charge is 2.34. The molecule has 1 atom stereocenters. The molecule has 118 valence electrons. The van der Waals surface area contributed by atoms with Gasteiger partial charge in [-0.05, 0) is 37.0 Å². The average molecular weight is 303 g/mol. The third kappa shape index (κ3) is 3.47. The van der Waals surface area contributed by atoms with Crippen molar-refractivity contribution >= 4 is 11.9 Å². The number of rotatable bonds is 5. The van der Waals surface area contributed by atoms with Crippen LogP contribution in [0, 0.1) is 0 Å². The molecule has 5 nitrogen and oxygen atoms in total. The zero-order chi connectivity index (χ0) is 16.1. The molecule has 0 aliphatic carbocycles. The monoisotopic (exact) mass is 303 g/mol. The Kier molecular flexibility index (Phi) is 5.20. The van der Waals surface area contributed by atoms with Gasteiger partial charge in [-0.25, -0.2) is 4.79 Å². The second kappa shape index (κ2) is 7.11. The standard InChI is InChI=1S/C17H21NO4/c1-4-6-13-8-9-15(16(11-13)21-3)22-17(20)14-7-5-10-18(14)12(2)19/h4,8-9,11,14H,1,5-7,10H2,2-3H3. The van der Waals surface area contributed by atoms with Crippen LogP contribution in [0.3, 0.4) is 0 Å². The maximum Gasteiger partial charge on any atom is 0.334 e. The van der Waals surface area contributed by atoms with Crippen molar-refractivity contribution in [2.24, 2.45) is 0 Å². The minimum Gasteiger partial charge on any atom is -0.493 e. The average Bonchev–Trinajstić information content (AvgIpc) is 2.98.